The Bertz CT molecular complexity index is 1490. The Kier molecular flexibility index (Phi) is 13.6. The number of benzene rings is 1. The van der Waals surface area contributed by atoms with E-state index in [4.69, 9.17) is 10.5 Å². The van der Waals surface area contributed by atoms with E-state index in [2.05, 4.69) is 81.6 Å². The SMILES string of the molecule is C=C(C(=O)NC)/C(=C\C(=NC)NC(=O)C1CC1)Nc1cccc(/C(N)=C/C(=NC)N2CC(C/C(C)=C/C=C\C=C\CC)C2)c1OC. The van der Waals surface area contributed by atoms with Crippen molar-refractivity contribution in [2.24, 2.45) is 27.6 Å². The van der Waals surface area contributed by atoms with Gasteiger partial charge in [0.05, 0.1) is 24.1 Å². The van der Waals surface area contributed by atoms with Crippen molar-refractivity contribution in [2.45, 2.75) is 39.5 Å². The summed E-state index contributed by atoms with van der Waals surface area (Å²) in [5.74, 6) is 1.64. The van der Waals surface area contributed by atoms with Gasteiger partial charge in [0.15, 0.2) is 5.75 Å². The van der Waals surface area contributed by atoms with Crippen LogP contribution in [0.25, 0.3) is 5.70 Å². The van der Waals surface area contributed by atoms with Crippen LogP contribution in [0.15, 0.2) is 94.1 Å². The van der Waals surface area contributed by atoms with Crippen molar-refractivity contribution in [3.63, 3.8) is 0 Å². The summed E-state index contributed by atoms with van der Waals surface area (Å²) in [5.41, 5.74) is 10.2. The Balaban J connectivity index is 1.79. The summed E-state index contributed by atoms with van der Waals surface area (Å²) in [7, 11) is 6.42. The van der Waals surface area contributed by atoms with Gasteiger partial charge in [-0.2, -0.15) is 0 Å². The number of anilines is 1. The van der Waals surface area contributed by atoms with Gasteiger partial charge in [0, 0.05) is 63.6 Å². The molecule has 1 aromatic rings. The number of rotatable bonds is 14. The van der Waals surface area contributed by atoms with Crippen LogP contribution in [-0.2, 0) is 9.59 Å². The third kappa shape index (κ3) is 10.1. The molecule has 1 saturated heterocycles. The van der Waals surface area contributed by atoms with Crippen LogP contribution in [-0.4, -0.2) is 69.7 Å². The number of amides is 2. The number of likely N-dealkylation sites (tertiary alicyclic amines) is 1. The molecule has 2 amide bonds. The molecule has 10 heteroatoms. The predicted molar refractivity (Wildman–Crippen MR) is 190 cm³/mol. The fourth-order valence-electron chi connectivity index (χ4n) is 4.99. The molecule has 2 fully saturated rings. The number of ether oxygens (including phenoxy) is 1. The number of hydrogen-bond acceptors (Lipinski definition) is 7. The molecule has 0 bridgehead atoms. The number of nitrogens with zero attached hydrogens (tertiary/aromatic N) is 3. The zero-order valence-corrected chi connectivity index (χ0v) is 28.0. The largest absolute Gasteiger partial charge is 0.494 e. The summed E-state index contributed by atoms with van der Waals surface area (Å²) >= 11 is 0. The Morgan fingerprint density at radius 1 is 1.13 bits per heavy atom. The Labute approximate surface area is 273 Å². The lowest BCUT2D eigenvalue weighted by Gasteiger charge is -2.41. The van der Waals surface area contributed by atoms with E-state index < -0.39 is 0 Å². The van der Waals surface area contributed by atoms with E-state index in [-0.39, 0.29) is 23.3 Å². The van der Waals surface area contributed by atoms with E-state index in [1.807, 2.05) is 24.3 Å². The van der Waals surface area contributed by atoms with E-state index in [0.717, 1.165) is 44.6 Å². The summed E-state index contributed by atoms with van der Waals surface area (Å²) in [6, 6.07) is 5.52. The minimum Gasteiger partial charge on any atom is -0.494 e. The molecule has 1 aliphatic heterocycles. The number of carbonyl (C=O) groups excluding carboxylic acids is 2. The number of aliphatic imine (C=N–C) groups is 2. The lowest BCUT2D eigenvalue weighted by molar-refractivity contribution is -0.120. The fourth-order valence-corrected chi connectivity index (χ4v) is 4.99. The average molecular weight is 628 g/mol. The fraction of sp³-hybridized carbons (Fsp3) is 0.389. The van der Waals surface area contributed by atoms with E-state index in [0.29, 0.717) is 40.1 Å². The monoisotopic (exact) mass is 627 g/mol. The lowest BCUT2D eigenvalue weighted by Crippen LogP contribution is -2.49. The number of para-hydroxylation sites is 1. The van der Waals surface area contributed by atoms with Crippen LogP contribution < -0.4 is 26.4 Å². The molecular formula is C36H49N7O3. The van der Waals surface area contributed by atoms with E-state index >= 15 is 0 Å². The molecule has 5 N–H and O–H groups in total. The molecule has 1 aromatic carbocycles. The Morgan fingerprint density at radius 3 is 2.48 bits per heavy atom. The van der Waals surface area contributed by atoms with Crippen LogP contribution in [0.3, 0.4) is 0 Å². The first-order valence-corrected chi connectivity index (χ1v) is 15.7. The second kappa shape index (κ2) is 17.6. The quantitative estimate of drug-likeness (QED) is 0.0997. The number of nitrogens with one attached hydrogen (secondary N) is 3. The number of hydrogen-bond donors (Lipinski definition) is 4. The van der Waals surface area contributed by atoms with E-state index in [1.165, 1.54) is 12.6 Å². The molecule has 46 heavy (non-hydrogen) atoms. The number of nitrogens with two attached hydrogens (primary N) is 1. The van der Waals surface area contributed by atoms with Crippen molar-refractivity contribution in [3.8, 4) is 5.75 Å². The molecule has 1 heterocycles. The first kappa shape index (κ1) is 35.6. The highest BCUT2D eigenvalue weighted by Crippen LogP contribution is 2.34. The Hall–Kier alpha value is -4.86. The highest BCUT2D eigenvalue weighted by atomic mass is 16.5. The molecule has 3 rings (SSSR count). The van der Waals surface area contributed by atoms with Crippen LogP contribution in [0.4, 0.5) is 5.69 Å². The van der Waals surface area contributed by atoms with Crippen molar-refractivity contribution in [1.82, 2.24) is 15.5 Å². The number of likely N-dealkylation sites (N-methyl/N-ethyl adjacent to an activating group) is 1. The van der Waals surface area contributed by atoms with Gasteiger partial charge >= 0.3 is 0 Å². The van der Waals surface area contributed by atoms with Crippen molar-refractivity contribution in [3.05, 3.63) is 89.7 Å². The lowest BCUT2D eigenvalue weighted by atomic mass is 9.92. The van der Waals surface area contributed by atoms with Gasteiger partial charge in [0.1, 0.15) is 11.7 Å². The summed E-state index contributed by atoms with van der Waals surface area (Å²) < 4.78 is 5.82. The molecule has 1 aliphatic carbocycles. The molecular weight excluding hydrogens is 578 g/mol. The molecule has 1 saturated carbocycles. The van der Waals surface area contributed by atoms with Gasteiger partial charge in [0.25, 0.3) is 5.91 Å². The second-order valence-electron chi connectivity index (χ2n) is 11.4. The standard InChI is InChI=1S/C36H49N7O3/c1-8-9-10-11-12-14-24(2)19-26-22-43(23-26)33(39-5)20-29(37)28-15-13-16-30(34(28)46-7)41-31(25(3)35(44)40-6)21-32(38-4)42-36(45)27-17-18-27/h9-16,20-21,26-27,41H,3,8,17-19,22-23,37H2,1-2,4-7H3,(H,40,44)(H,38,42,45)/b10-9+,12-11-,24-14+,29-20-,31-21+,39-33?. The van der Waals surface area contributed by atoms with Gasteiger partial charge in [-0.3, -0.25) is 19.6 Å². The number of methoxy groups -OCH3 is 1. The van der Waals surface area contributed by atoms with E-state index in [9.17, 15) is 9.59 Å². The maximum Gasteiger partial charge on any atom is 0.252 e. The smallest absolute Gasteiger partial charge is 0.252 e. The summed E-state index contributed by atoms with van der Waals surface area (Å²) in [5, 5.41) is 8.68. The number of carbonyl (C=O) groups is 2. The molecule has 246 valence electrons. The molecule has 0 atom stereocenters. The summed E-state index contributed by atoms with van der Waals surface area (Å²) in [6.07, 6.45) is 17.8. The molecule has 0 unspecified atom stereocenters. The summed E-state index contributed by atoms with van der Waals surface area (Å²) in [6.45, 7) is 10.0. The third-order valence-corrected chi connectivity index (χ3v) is 7.73. The maximum absolute atomic E-state index is 12.6. The highest BCUT2D eigenvalue weighted by molar-refractivity contribution is 6.08. The topological polar surface area (TPSA) is 133 Å². The Morgan fingerprint density at radius 2 is 1.87 bits per heavy atom. The predicted octanol–water partition coefficient (Wildman–Crippen LogP) is 4.97. The van der Waals surface area contributed by atoms with Crippen molar-refractivity contribution in [1.29, 1.82) is 0 Å². The van der Waals surface area contributed by atoms with Gasteiger partial charge in [-0.15, -0.1) is 0 Å². The third-order valence-electron chi connectivity index (χ3n) is 7.73. The van der Waals surface area contributed by atoms with Gasteiger partial charge in [-0.05, 0) is 50.7 Å². The molecule has 10 nitrogen and oxygen atoms in total. The van der Waals surface area contributed by atoms with Crippen LogP contribution in [0, 0.1) is 11.8 Å². The summed E-state index contributed by atoms with van der Waals surface area (Å²) in [4.78, 5) is 35.9. The van der Waals surface area contributed by atoms with Crippen LogP contribution in [0.2, 0.25) is 0 Å². The first-order valence-electron chi connectivity index (χ1n) is 15.7. The van der Waals surface area contributed by atoms with Crippen molar-refractivity contribution in [2.75, 3.05) is 46.7 Å². The number of amidine groups is 2. The second-order valence-corrected chi connectivity index (χ2v) is 11.4. The highest BCUT2D eigenvalue weighted by Gasteiger charge is 2.30. The molecule has 2 aliphatic rings. The van der Waals surface area contributed by atoms with Gasteiger partial charge in [-0.25, -0.2) is 0 Å². The van der Waals surface area contributed by atoms with Gasteiger partial charge in [-0.1, -0.05) is 55.5 Å². The first-order chi connectivity index (χ1) is 22.1. The number of allylic oxidation sites excluding steroid dienone is 6. The zero-order valence-electron chi connectivity index (χ0n) is 28.0. The maximum atomic E-state index is 12.6. The van der Waals surface area contributed by atoms with Crippen molar-refractivity contribution >= 4 is 34.9 Å². The normalized spacial score (nSPS) is 16.9. The van der Waals surface area contributed by atoms with E-state index in [1.54, 1.807) is 27.3 Å². The minimum atomic E-state index is -0.389. The zero-order chi connectivity index (χ0) is 33.6. The molecule has 0 spiro atoms. The van der Waals surface area contributed by atoms with Crippen LogP contribution in [0.5, 0.6) is 5.75 Å². The van der Waals surface area contributed by atoms with Gasteiger partial charge < -0.3 is 31.3 Å². The van der Waals surface area contributed by atoms with Crippen molar-refractivity contribution < 1.29 is 14.3 Å². The van der Waals surface area contributed by atoms with Crippen LogP contribution in [0.1, 0.15) is 45.1 Å². The van der Waals surface area contributed by atoms with Gasteiger partial charge in [0.2, 0.25) is 5.91 Å². The minimum absolute atomic E-state index is 0.00436. The molecule has 0 aromatic heterocycles. The average Bonchev–Trinajstić information content (AvgIpc) is 3.89. The molecule has 0 radical (unpaired) electrons. The van der Waals surface area contributed by atoms with Crippen LogP contribution >= 0.6 is 0 Å².